The summed E-state index contributed by atoms with van der Waals surface area (Å²) in [7, 11) is 0. The molecule has 198 valence electrons. The van der Waals surface area contributed by atoms with Crippen LogP contribution >= 0.6 is 11.6 Å². The van der Waals surface area contributed by atoms with Crippen molar-refractivity contribution in [2.45, 2.75) is 38.4 Å². The van der Waals surface area contributed by atoms with Crippen molar-refractivity contribution < 1.29 is 9.53 Å². The number of halogens is 1. The molecular formula is C29H33ClN6O2. The first-order chi connectivity index (χ1) is 18.5. The van der Waals surface area contributed by atoms with Crippen LogP contribution < -0.4 is 16.0 Å². The van der Waals surface area contributed by atoms with E-state index in [4.69, 9.17) is 26.3 Å². The van der Waals surface area contributed by atoms with E-state index in [1.54, 1.807) is 0 Å². The highest BCUT2D eigenvalue weighted by atomic mass is 35.5. The Morgan fingerprint density at radius 1 is 1.08 bits per heavy atom. The number of aromatic nitrogens is 3. The standard InChI is InChI=1S/C29H33ClN6O2/c1-19(37)32-14-15-33-28-24-18-25(34-29(24)36-27(35-28)21-7-3-2-4-8-21)26(38-23-10-12-31-13-11-23)17-20-6-5-9-22(30)16-20/h2-9,16,18,23,26,31H,10-15,17H2,1H3,(H,32,37)(H2,33,34,35,36). The highest BCUT2D eigenvalue weighted by molar-refractivity contribution is 6.30. The van der Waals surface area contributed by atoms with E-state index in [9.17, 15) is 4.79 Å². The topological polar surface area (TPSA) is 104 Å². The molecule has 2 aromatic carbocycles. The monoisotopic (exact) mass is 532 g/mol. The lowest BCUT2D eigenvalue weighted by atomic mass is 10.0. The number of carbonyl (C=O) groups excluding carboxylic acids is 1. The molecule has 4 N–H and O–H groups in total. The van der Waals surface area contributed by atoms with Gasteiger partial charge in [-0.25, -0.2) is 9.97 Å². The third kappa shape index (κ3) is 6.69. The predicted molar refractivity (Wildman–Crippen MR) is 151 cm³/mol. The Balaban J connectivity index is 1.50. The molecule has 0 radical (unpaired) electrons. The van der Waals surface area contributed by atoms with Crippen molar-refractivity contribution in [2.75, 3.05) is 31.5 Å². The quantitative estimate of drug-likeness (QED) is 0.217. The van der Waals surface area contributed by atoms with E-state index in [2.05, 4.69) is 33.1 Å². The molecule has 1 aliphatic heterocycles. The van der Waals surface area contributed by atoms with E-state index in [-0.39, 0.29) is 18.1 Å². The smallest absolute Gasteiger partial charge is 0.216 e. The van der Waals surface area contributed by atoms with Crippen LogP contribution in [0, 0.1) is 0 Å². The molecule has 0 spiro atoms. The van der Waals surface area contributed by atoms with Crippen LogP contribution in [0.2, 0.25) is 5.02 Å². The number of nitrogens with zero attached hydrogens (tertiary/aromatic N) is 2. The van der Waals surface area contributed by atoms with Gasteiger partial charge in [0.2, 0.25) is 5.91 Å². The minimum Gasteiger partial charge on any atom is -0.368 e. The van der Waals surface area contributed by atoms with Crippen LogP contribution in [0.15, 0.2) is 60.7 Å². The maximum absolute atomic E-state index is 11.3. The number of fused-ring (bicyclic) bond motifs is 1. The molecule has 2 aromatic heterocycles. The van der Waals surface area contributed by atoms with E-state index < -0.39 is 0 Å². The molecule has 1 atom stereocenters. The van der Waals surface area contributed by atoms with Gasteiger partial charge in [-0.1, -0.05) is 54.1 Å². The average Bonchev–Trinajstić information content (AvgIpc) is 3.36. The molecule has 38 heavy (non-hydrogen) atoms. The summed E-state index contributed by atoms with van der Waals surface area (Å²) in [5.74, 6) is 1.27. The lowest BCUT2D eigenvalue weighted by molar-refractivity contribution is -0.118. The van der Waals surface area contributed by atoms with Gasteiger partial charge in [-0.2, -0.15) is 0 Å². The van der Waals surface area contributed by atoms with E-state index in [1.165, 1.54) is 6.92 Å². The van der Waals surface area contributed by atoms with Crippen molar-refractivity contribution in [3.63, 3.8) is 0 Å². The lowest BCUT2D eigenvalue weighted by Gasteiger charge is -2.28. The molecule has 0 saturated carbocycles. The Labute approximate surface area is 227 Å². The van der Waals surface area contributed by atoms with Crippen LogP contribution in [0.25, 0.3) is 22.4 Å². The van der Waals surface area contributed by atoms with Crippen LogP contribution in [0.5, 0.6) is 0 Å². The van der Waals surface area contributed by atoms with Crippen molar-refractivity contribution >= 4 is 34.4 Å². The van der Waals surface area contributed by atoms with Crippen molar-refractivity contribution in [1.82, 2.24) is 25.6 Å². The molecule has 3 heterocycles. The Bertz CT molecular complexity index is 1370. The van der Waals surface area contributed by atoms with Crippen LogP contribution in [0.1, 0.15) is 37.1 Å². The normalized spacial score (nSPS) is 14.9. The lowest BCUT2D eigenvalue weighted by Crippen LogP contribution is -2.33. The number of piperidine rings is 1. The predicted octanol–water partition coefficient (Wildman–Crippen LogP) is 4.88. The average molecular weight is 533 g/mol. The van der Waals surface area contributed by atoms with E-state index in [1.807, 2.05) is 48.5 Å². The number of rotatable bonds is 10. The number of carbonyl (C=O) groups is 1. The molecule has 1 unspecified atom stereocenters. The highest BCUT2D eigenvalue weighted by Gasteiger charge is 2.24. The molecule has 4 aromatic rings. The van der Waals surface area contributed by atoms with Gasteiger partial charge in [0.1, 0.15) is 17.6 Å². The van der Waals surface area contributed by atoms with Crippen molar-refractivity contribution in [1.29, 1.82) is 0 Å². The van der Waals surface area contributed by atoms with E-state index in [0.29, 0.717) is 36.2 Å². The van der Waals surface area contributed by atoms with Gasteiger partial charge in [0, 0.05) is 42.7 Å². The maximum atomic E-state index is 11.3. The number of aromatic amines is 1. The zero-order valence-corrected chi connectivity index (χ0v) is 22.2. The Kier molecular flexibility index (Phi) is 8.53. The van der Waals surface area contributed by atoms with E-state index in [0.717, 1.165) is 53.8 Å². The Morgan fingerprint density at radius 2 is 1.89 bits per heavy atom. The fraction of sp³-hybridized carbons (Fsp3) is 0.345. The third-order valence-electron chi connectivity index (χ3n) is 6.63. The molecule has 8 nitrogen and oxygen atoms in total. The van der Waals surface area contributed by atoms with Gasteiger partial charge in [0.25, 0.3) is 0 Å². The zero-order chi connectivity index (χ0) is 26.3. The minimum absolute atomic E-state index is 0.0625. The van der Waals surface area contributed by atoms with Crippen LogP contribution in [-0.4, -0.2) is 53.1 Å². The number of hydrogen-bond acceptors (Lipinski definition) is 6. The molecular weight excluding hydrogens is 500 g/mol. The summed E-state index contributed by atoms with van der Waals surface area (Å²) in [6.07, 6.45) is 2.60. The summed E-state index contributed by atoms with van der Waals surface area (Å²) >= 11 is 6.30. The largest absolute Gasteiger partial charge is 0.368 e. The number of ether oxygens (including phenoxy) is 1. The van der Waals surface area contributed by atoms with Crippen molar-refractivity contribution in [3.8, 4) is 11.4 Å². The Morgan fingerprint density at radius 3 is 2.66 bits per heavy atom. The first-order valence-electron chi connectivity index (χ1n) is 13.1. The van der Waals surface area contributed by atoms with Crippen molar-refractivity contribution in [3.05, 3.63) is 76.9 Å². The minimum atomic E-state index is -0.196. The molecule has 9 heteroatoms. The number of amides is 1. The van der Waals surface area contributed by atoms with Crippen molar-refractivity contribution in [2.24, 2.45) is 0 Å². The number of nitrogens with one attached hydrogen (secondary N) is 4. The zero-order valence-electron chi connectivity index (χ0n) is 21.5. The number of benzene rings is 2. The van der Waals surface area contributed by atoms with Gasteiger partial charge in [0.05, 0.1) is 11.5 Å². The van der Waals surface area contributed by atoms with Gasteiger partial charge in [-0.3, -0.25) is 4.79 Å². The third-order valence-corrected chi connectivity index (χ3v) is 6.87. The summed E-state index contributed by atoms with van der Waals surface area (Å²) in [4.78, 5) is 24.6. The molecule has 0 aliphatic carbocycles. The fourth-order valence-corrected chi connectivity index (χ4v) is 4.96. The van der Waals surface area contributed by atoms with Crippen LogP contribution in [0.3, 0.4) is 0 Å². The summed E-state index contributed by atoms with van der Waals surface area (Å²) in [5, 5.41) is 11.2. The van der Waals surface area contributed by atoms with Gasteiger partial charge < -0.3 is 25.7 Å². The van der Waals surface area contributed by atoms with Gasteiger partial charge in [-0.05, 0) is 49.7 Å². The van der Waals surface area contributed by atoms with Gasteiger partial charge >= 0.3 is 0 Å². The summed E-state index contributed by atoms with van der Waals surface area (Å²) < 4.78 is 6.70. The molecule has 5 rings (SSSR count). The first kappa shape index (κ1) is 26.2. The van der Waals surface area contributed by atoms with Crippen LogP contribution in [0.4, 0.5) is 5.82 Å². The summed E-state index contributed by atoms with van der Waals surface area (Å²) in [5.41, 5.74) is 3.72. The fourth-order valence-electron chi connectivity index (χ4n) is 4.75. The molecule has 1 amide bonds. The van der Waals surface area contributed by atoms with Gasteiger partial charge in [-0.15, -0.1) is 0 Å². The number of anilines is 1. The Hall–Kier alpha value is -3.46. The number of H-pyrrole nitrogens is 1. The summed E-state index contributed by atoms with van der Waals surface area (Å²) in [6, 6.07) is 19.9. The molecule has 0 bridgehead atoms. The SMILES string of the molecule is CC(=O)NCCNc1nc(-c2ccccc2)nc2[nH]c(C(Cc3cccc(Cl)c3)OC3CCNCC3)cc12. The second-order valence-corrected chi connectivity index (χ2v) is 10.0. The molecule has 1 fully saturated rings. The second kappa shape index (κ2) is 12.4. The highest BCUT2D eigenvalue weighted by Crippen LogP contribution is 2.32. The second-order valence-electron chi connectivity index (χ2n) is 9.57. The molecule has 1 aliphatic rings. The molecule has 1 saturated heterocycles. The maximum Gasteiger partial charge on any atom is 0.216 e. The van der Waals surface area contributed by atoms with Crippen LogP contribution in [-0.2, 0) is 16.0 Å². The van der Waals surface area contributed by atoms with Gasteiger partial charge in [0.15, 0.2) is 5.82 Å². The number of hydrogen-bond donors (Lipinski definition) is 4. The summed E-state index contributed by atoms with van der Waals surface area (Å²) in [6.45, 7) is 4.45. The first-order valence-corrected chi connectivity index (χ1v) is 13.5. The van der Waals surface area contributed by atoms with E-state index >= 15 is 0 Å².